The molecule has 1 aliphatic rings. The predicted molar refractivity (Wildman–Crippen MR) is 119 cm³/mol. The fourth-order valence-electron chi connectivity index (χ4n) is 3.44. The van der Waals surface area contributed by atoms with Crippen molar-refractivity contribution in [1.82, 2.24) is 9.97 Å². The smallest absolute Gasteiger partial charge is 0.318 e. The number of ether oxygens (including phenoxy) is 4. The Morgan fingerprint density at radius 2 is 1.80 bits per heavy atom. The van der Waals surface area contributed by atoms with Gasteiger partial charge in [0.2, 0.25) is 0 Å². The molecule has 158 valence electrons. The highest BCUT2D eigenvalue weighted by molar-refractivity contribution is 9.10. The van der Waals surface area contributed by atoms with Gasteiger partial charge in [0.25, 0.3) is 0 Å². The van der Waals surface area contributed by atoms with Gasteiger partial charge >= 0.3 is 6.01 Å². The van der Waals surface area contributed by atoms with Crippen LogP contribution in [0.4, 0.5) is 5.82 Å². The molecular weight excluding hydrogens is 450 g/mol. The minimum atomic E-state index is 0.381. The van der Waals surface area contributed by atoms with Gasteiger partial charge < -0.3 is 23.8 Å². The molecule has 2 aromatic carbocycles. The van der Waals surface area contributed by atoms with Crippen LogP contribution >= 0.6 is 15.9 Å². The van der Waals surface area contributed by atoms with E-state index in [1.165, 1.54) is 0 Å². The average molecular weight is 474 g/mol. The van der Waals surface area contributed by atoms with Crippen molar-refractivity contribution in [2.75, 3.05) is 52.0 Å². The van der Waals surface area contributed by atoms with Crippen molar-refractivity contribution < 1.29 is 18.9 Å². The molecule has 0 bridgehead atoms. The van der Waals surface area contributed by atoms with Crippen molar-refractivity contribution in [2.45, 2.75) is 6.42 Å². The minimum absolute atomic E-state index is 0.381. The van der Waals surface area contributed by atoms with Crippen LogP contribution in [-0.2, 0) is 11.2 Å². The van der Waals surface area contributed by atoms with Crippen molar-refractivity contribution in [2.24, 2.45) is 0 Å². The normalized spacial score (nSPS) is 14.0. The molecule has 0 amide bonds. The largest absolute Gasteiger partial charge is 0.493 e. The number of hydrogen-bond acceptors (Lipinski definition) is 7. The highest BCUT2D eigenvalue weighted by atomic mass is 79.9. The van der Waals surface area contributed by atoms with Gasteiger partial charge in [-0.15, -0.1) is 0 Å². The van der Waals surface area contributed by atoms with Crippen LogP contribution in [0.3, 0.4) is 0 Å². The highest BCUT2D eigenvalue weighted by Gasteiger charge is 2.18. The number of anilines is 1. The molecule has 3 aromatic rings. The second kappa shape index (κ2) is 9.49. The Morgan fingerprint density at radius 1 is 1.00 bits per heavy atom. The number of methoxy groups -OCH3 is 2. The first-order chi connectivity index (χ1) is 14.7. The van der Waals surface area contributed by atoms with Gasteiger partial charge in [0, 0.05) is 29.4 Å². The Labute approximate surface area is 184 Å². The fraction of sp³-hybridized carbons (Fsp3) is 0.364. The van der Waals surface area contributed by atoms with Gasteiger partial charge in [0.15, 0.2) is 11.5 Å². The van der Waals surface area contributed by atoms with Gasteiger partial charge in [0.05, 0.1) is 39.6 Å². The number of hydrogen-bond donors (Lipinski definition) is 0. The third kappa shape index (κ3) is 4.60. The summed E-state index contributed by atoms with van der Waals surface area (Å²) in [4.78, 5) is 11.6. The highest BCUT2D eigenvalue weighted by Crippen LogP contribution is 2.30. The summed E-state index contributed by atoms with van der Waals surface area (Å²) in [5.41, 5.74) is 1.95. The fourth-order valence-corrected chi connectivity index (χ4v) is 3.80. The quantitative estimate of drug-likeness (QED) is 0.515. The van der Waals surface area contributed by atoms with Crippen LogP contribution in [0.1, 0.15) is 5.56 Å². The topological polar surface area (TPSA) is 65.9 Å². The van der Waals surface area contributed by atoms with Crippen molar-refractivity contribution in [3.63, 3.8) is 0 Å². The van der Waals surface area contributed by atoms with Gasteiger partial charge in [-0.25, -0.2) is 0 Å². The molecule has 1 saturated heterocycles. The van der Waals surface area contributed by atoms with Gasteiger partial charge in [0.1, 0.15) is 5.82 Å². The van der Waals surface area contributed by atoms with Crippen LogP contribution in [0.5, 0.6) is 17.5 Å². The zero-order chi connectivity index (χ0) is 20.9. The number of aromatic nitrogens is 2. The Kier molecular flexibility index (Phi) is 6.54. The SMILES string of the molecule is COc1ccc(CCOc2nc(N3CCOCC3)c3cc(Br)ccc3n2)cc1OC. The van der Waals surface area contributed by atoms with E-state index in [1.807, 2.05) is 36.4 Å². The lowest BCUT2D eigenvalue weighted by Gasteiger charge is -2.28. The van der Waals surface area contributed by atoms with E-state index in [-0.39, 0.29) is 0 Å². The lowest BCUT2D eigenvalue weighted by Crippen LogP contribution is -2.37. The summed E-state index contributed by atoms with van der Waals surface area (Å²) in [5, 5.41) is 0.999. The molecule has 2 heterocycles. The van der Waals surface area contributed by atoms with Crippen LogP contribution < -0.4 is 19.1 Å². The van der Waals surface area contributed by atoms with Gasteiger partial charge in [-0.3, -0.25) is 0 Å². The van der Waals surface area contributed by atoms with Crippen molar-refractivity contribution >= 4 is 32.7 Å². The van der Waals surface area contributed by atoms with Crippen LogP contribution in [0.25, 0.3) is 10.9 Å². The van der Waals surface area contributed by atoms with Crippen LogP contribution in [0.2, 0.25) is 0 Å². The number of nitrogens with zero attached hydrogens (tertiary/aromatic N) is 3. The van der Waals surface area contributed by atoms with E-state index in [2.05, 4.69) is 25.8 Å². The van der Waals surface area contributed by atoms with E-state index < -0.39 is 0 Å². The molecule has 4 rings (SSSR count). The molecule has 0 atom stereocenters. The summed E-state index contributed by atoms with van der Waals surface area (Å²) < 4.78 is 23.1. The van der Waals surface area contributed by atoms with E-state index in [4.69, 9.17) is 23.9 Å². The van der Waals surface area contributed by atoms with E-state index in [9.17, 15) is 0 Å². The first-order valence-electron chi connectivity index (χ1n) is 9.81. The second-order valence-electron chi connectivity index (χ2n) is 6.88. The molecule has 0 N–H and O–H groups in total. The summed E-state index contributed by atoms with van der Waals surface area (Å²) in [6.07, 6.45) is 0.703. The Morgan fingerprint density at radius 3 is 2.57 bits per heavy atom. The van der Waals surface area contributed by atoms with Crippen LogP contribution in [-0.4, -0.2) is 57.1 Å². The Bertz CT molecular complexity index is 1020. The molecule has 30 heavy (non-hydrogen) atoms. The third-order valence-corrected chi connectivity index (χ3v) is 5.49. The second-order valence-corrected chi connectivity index (χ2v) is 7.79. The van der Waals surface area contributed by atoms with E-state index in [1.54, 1.807) is 14.2 Å². The number of rotatable bonds is 7. The van der Waals surface area contributed by atoms with Gasteiger partial charge in [-0.1, -0.05) is 22.0 Å². The lowest BCUT2D eigenvalue weighted by atomic mass is 10.1. The van der Waals surface area contributed by atoms with Crippen LogP contribution in [0, 0.1) is 0 Å². The molecule has 1 aromatic heterocycles. The summed E-state index contributed by atoms with van der Waals surface area (Å²) in [5.74, 6) is 2.30. The van der Waals surface area contributed by atoms with Gasteiger partial charge in [-0.05, 0) is 35.9 Å². The maximum atomic E-state index is 5.95. The summed E-state index contributed by atoms with van der Waals surface area (Å²) >= 11 is 3.55. The first kappa shape index (κ1) is 20.7. The number of morpholine rings is 1. The van der Waals surface area contributed by atoms with Gasteiger partial charge in [-0.2, -0.15) is 9.97 Å². The van der Waals surface area contributed by atoms with E-state index >= 15 is 0 Å². The molecule has 0 unspecified atom stereocenters. The van der Waals surface area contributed by atoms with Crippen molar-refractivity contribution in [1.29, 1.82) is 0 Å². The molecule has 0 saturated carbocycles. The maximum Gasteiger partial charge on any atom is 0.318 e. The van der Waals surface area contributed by atoms with E-state index in [0.717, 1.165) is 39.8 Å². The molecule has 8 heteroatoms. The molecule has 7 nitrogen and oxygen atoms in total. The number of benzene rings is 2. The van der Waals surface area contributed by atoms with Crippen LogP contribution in [0.15, 0.2) is 40.9 Å². The summed E-state index contributed by atoms with van der Waals surface area (Å²) in [6.45, 7) is 3.43. The lowest BCUT2D eigenvalue weighted by molar-refractivity contribution is 0.122. The zero-order valence-electron chi connectivity index (χ0n) is 17.1. The standard InChI is InChI=1S/C22H24BrN3O4/c1-27-19-6-3-15(13-20(19)28-2)7-10-30-22-24-18-5-4-16(23)14-17(18)21(25-22)26-8-11-29-12-9-26/h3-6,13-14H,7-12H2,1-2H3. The minimum Gasteiger partial charge on any atom is -0.493 e. The third-order valence-electron chi connectivity index (χ3n) is 5.00. The maximum absolute atomic E-state index is 5.95. The predicted octanol–water partition coefficient (Wildman–Crippen LogP) is 3.87. The Hall–Kier alpha value is -2.58. The molecular formula is C22H24BrN3O4. The zero-order valence-corrected chi connectivity index (χ0v) is 18.6. The first-order valence-corrected chi connectivity index (χ1v) is 10.6. The summed E-state index contributed by atoms with van der Waals surface area (Å²) in [6, 6.07) is 12.2. The van der Waals surface area contributed by atoms with Crippen molar-refractivity contribution in [3.05, 3.63) is 46.4 Å². The van der Waals surface area contributed by atoms with Crippen molar-refractivity contribution in [3.8, 4) is 17.5 Å². The van der Waals surface area contributed by atoms with E-state index in [0.29, 0.717) is 43.8 Å². The summed E-state index contributed by atoms with van der Waals surface area (Å²) in [7, 11) is 3.26. The molecule has 1 aliphatic heterocycles. The Balaban J connectivity index is 1.53. The molecule has 0 spiro atoms. The number of fused-ring (bicyclic) bond motifs is 1. The number of halogens is 1. The average Bonchev–Trinajstić information content (AvgIpc) is 2.79. The monoisotopic (exact) mass is 473 g/mol. The molecule has 0 aliphatic carbocycles. The molecule has 1 fully saturated rings. The molecule has 0 radical (unpaired) electrons.